The van der Waals surface area contributed by atoms with Crippen molar-refractivity contribution in [1.82, 2.24) is 9.97 Å². The third-order valence-electron chi connectivity index (χ3n) is 3.40. The molecule has 0 aliphatic rings. The molecule has 0 radical (unpaired) electrons. The van der Waals surface area contributed by atoms with Gasteiger partial charge in [0.2, 0.25) is 0 Å². The fourth-order valence-electron chi connectivity index (χ4n) is 2.36. The van der Waals surface area contributed by atoms with Crippen LogP contribution in [0, 0.1) is 0 Å². The number of halogens is 6. The Hall–Kier alpha value is -3.70. The molecule has 0 aliphatic carbocycles. The molecule has 0 spiro atoms. The number of alkyl halides is 6. The molecule has 0 bridgehead atoms. The average molecular weight is 430 g/mol. The van der Waals surface area contributed by atoms with Crippen LogP contribution < -0.4 is 20.1 Å². The van der Waals surface area contributed by atoms with Gasteiger partial charge >= 0.3 is 12.7 Å². The van der Waals surface area contributed by atoms with Crippen LogP contribution in [-0.2, 0) is 0 Å². The number of rotatable bonds is 6. The number of hydrogen-bond donors (Lipinski definition) is 2. The van der Waals surface area contributed by atoms with Crippen molar-refractivity contribution >= 4 is 22.9 Å². The number of benzene rings is 2. The third kappa shape index (κ3) is 6.43. The van der Waals surface area contributed by atoms with Gasteiger partial charge < -0.3 is 20.1 Å². The van der Waals surface area contributed by atoms with E-state index in [2.05, 4.69) is 30.1 Å². The van der Waals surface area contributed by atoms with E-state index in [4.69, 9.17) is 0 Å². The minimum absolute atomic E-state index is 0.111. The van der Waals surface area contributed by atoms with Crippen molar-refractivity contribution in [3.8, 4) is 11.5 Å². The zero-order chi connectivity index (χ0) is 21.8. The van der Waals surface area contributed by atoms with E-state index in [-0.39, 0.29) is 22.9 Å². The lowest BCUT2D eigenvalue weighted by molar-refractivity contribution is -0.275. The second-order valence-corrected chi connectivity index (χ2v) is 5.67. The van der Waals surface area contributed by atoms with E-state index < -0.39 is 24.2 Å². The van der Waals surface area contributed by atoms with Crippen LogP contribution in [0.1, 0.15) is 0 Å². The van der Waals surface area contributed by atoms with Crippen LogP contribution in [0.4, 0.5) is 49.2 Å². The summed E-state index contributed by atoms with van der Waals surface area (Å²) in [5.41, 5.74) is 0.544. The lowest BCUT2D eigenvalue weighted by Gasteiger charge is -2.17. The topological polar surface area (TPSA) is 68.3 Å². The highest BCUT2D eigenvalue weighted by atomic mass is 19.4. The molecule has 0 saturated carbocycles. The molecule has 1 heterocycles. The van der Waals surface area contributed by atoms with Crippen molar-refractivity contribution in [2.24, 2.45) is 0 Å². The van der Waals surface area contributed by atoms with E-state index in [1.807, 2.05) is 0 Å². The number of ether oxygens (including phenoxy) is 2. The summed E-state index contributed by atoms with van der Waals surface area (Å²) in [4.78, 5) is 7.81. The molecule has 2 aromatic carbocycles. The molecule has 3 rings (SSSR count). The Bertz CT molecular complexity index is 996. The number of aromatic nitrogens is 2. The van der Waals surface area contributed by atoms with E-state index in [1.165, 1.54) is 36.8 Å². The van der Waals surface area contributed by atoms with Crippen molar-refractivity contribution in [3.63, 3.8) is 0 Å². The maximum absolute atomic E-state index is 12.5. The van der Waals surface area contributed by atoms with E-state index in [9.17, 15) is 26.3 Å². The molecule has 1 aromatic heterocycles. The molecular weight excluding hydrogens is 418 g/mol. The molecule has 0 unspecified atom stereocenters. The van der Waals surface area contributed by atoms with Crippen LogP contribution in [0.3, 0.4) is 0 Å². The zero-order valence-corrected chi connectivity index (χ0v) is 14.8. The molecule has 0 aliphatic heterocycles. The molecule has 0 saturated heterocycles. The average Bonchev–Trinajstić information content (AvgIpc) is 2.62. The second-order valence-electron chi connectivity index (χ2n) is 5.67. The van der Waals surface area contributed by atoms with Crippen LogP contribution in [0.2, 0.25) is 0 Å². The molecule has 30 heavy (non-hydrogen) atoms. The summed E-state index contributed by atoms with van der Waals surface area (Å²) in [6, 6.07) is 8.33. The molecule has 2 N–H and O–H groups in total. The monoisotopic (exact) mass is 430 g/mol. The van der Waals surface area contributed by atoms with E-state index in [0.717, 1.165) is 24.3 Å². The molecule has 12 heteroatoms. The smallest absolute Gasteiger partial charge is 0.406 e. The minimum atomic E-state index is -4.90. The van der Waals surface area contributed by atoms with Crippen molar-refractivity contribution in [2.45, 2.75) is 12.7 Å². The van der Waals surface area contributed by atoms with E-state index in [0.29, 0.717) is 0 Å². The van der Waals surface area contributed by atoms with Gasteiger partial charge in [0.1, 0.15) is 17.3 Å². The van der Waals surface area contributed by atoms with Crippen LogP contribution in [-0.4, -0.2) is 22.7 Å². The number of nitrogens with zero attached hydrogens (tertiary/aromatic N) is 2. The number of nitrogens with one attached hydrogen (secondary N) is 2. The largest absolute Gasteiger partial charge is 0.573 e. The Kier molecular flexibility index (Phi) is 5.85. The maximum Gasteiger partial charge on any atom is 0.573 e. The fraction of sp³-hybridized carbons (Fsp3) is 0.111. The van der Waals surface area contributed by atoms with Crippen LogP contribution >= 0.6 is 0 Å². The molecule has 0 fully saturated rings. The molecule has 158 valence electrons. The van der Waals surface area contributed by atoms with Crippen LogP contribution in [0.25, 0.3) is 0 Å². The Morgan fingerprint density at radius 1 is 0.733 bits per heavy atom. The van der Waals surface area contributed by atoms with Crippen molar-refractivity contribution in [3.05, 3.63) is 61.1 Å². The quantitative estimate of drug-likeness (QED) is 0.485. The van der Waals surface area contributed by atoms with Crippen LogP contribution in [0.5, 0.6) is 11.5 Å². The normalized spacial score (nSPS) is 11.7. The van der Waals surface area contributed by atoms with Crippen molar-refractivity contribution in [2.75, 3.05) is 10.6 Å². The first-order valence-corrected chi connectivity index (χ1v) is 8.13. The first kappa shape index (κ1) is 21.0. The Labute approximate surface area is 165 Å². The molecular formula is C18H12F6N4O2. The summed E-state index contributed by atoms with van der Waals surface area (Å²) < 4.78 is 82.6. The Morgan fingerprint density at radius 2 is 1.43 bits per heavy atom. The second kappa shape index (κ2) is 8.35. The third-order valence-corrected chi connectivity index (χ3v) is 3.40. The van der Waals surface area contributed by atoms with E-state index in [1.54, 1.807) is 0 Å². The summed E-state index contributed by atoms with van der Waals surface area (Å²) in [5, 5.41) is 5.59. The minimum Gasteiger partial charge on any atom is -0.406 e. The SMILES string of the molecule is FC(F)(F)Oc1cccc(Nc2ccc(OC(F)(F)F)cc2Nc2cnccn2)c1. The van der Waals surface area contributed by atoms with Gasteiger partial charge in [0.25, 0.3) is 0 Å². The maximum atomic E-state index is 12.5. The van der Waals surface area contributed by atoms with Gasteiger partial charge in [0.15, 0.2) is 0 Å². The lowest BCUT2D eigenvalue weighted by Crippen LogP contribution is -2.17. The van der Waals surface area contributed by atoms with Gasteiger partial charge in [-0.25, -0.2) is 4.98 Å². The van der Waals surface area contributed by atoms with Gasteiger partial charge in [0, 0.05) is 30.2 Å². The van der Waals surface area contributed by atoms with Gasteiger partial charge in [-0.15, -0.1) is 26.3 Å². The first-order valence-electron chi connectivity index (χ1n) is 8.13. The number of anilines is 4. The summed E-state index contributed by atoms with van der Waals surface area (Å²) >= 11 is 0. The Morgan fingerprint density at radius 3 is 2.07 bits per heavy atom. The zero-order valence-electron chi connectivity index (χ0n) is 14.8. The Balaban J connectivity index is 1.90. The first-order chi connectivity index (χ1) is 14.1. The van der Waals surface area contributed by atoms with Gasteiger partial charge in [-0.3, -0.25) is 4.98 Å². The van der Waals surface area contributed by atoms with Crippen molar-refractivity contribution < 1.29 is 35.8 Å². The highest BCUT2D eigenvalue weighted by Crippen LogP contribution is 2.34. The van der Waals surface area contributed by atoms with Gasteiger partial charge in [0.05, 0.1) is 17.6 Å². The summed E-state index contributed by atoms with van der Waals surface area (Å²) in [6.45, 7) is 0. The predicted octanol–water partition coefficient (Wildman–Crippen LogP) is 5.76. The highest BCUT2D eigenvalue weighted by molar-refractivity contribution is 5.79. The fourth-order valence-corrected chi connectivity index (χ4v) is 2.36. The van der Waals surface area contributed by atoms with E-state index >= 15 is 0 Å². The lowest BCUT2D eigenvalue weighted by atomic mass is 10.2. The van der Waals surface area contributed by atoms with Crippen LogP contribution in [0.15, 0.2) is 61.1 Å². The number of hydrogen-bond acceptors (Lipinski definition) is 6. The van der Waals surface area contributed by atoms with Crippen molar-refractivity contribution in [1.29, 1.82) is 0 Å². The van der Waals surface area contributed by atoms with Gasteiger partial charge in [-0.05, 0) is 24.3 Å². The highest BCUT2D eigenvalue weighted by Gasteiger charge is 2.32. The predicted molar refractivity (Wildman–Crippen MR) is 94.8 cm³/mol. The standard InChI is InChI=1S/C18H12F6N4O2/c19-17(20,21)29-12-3-1-2-11(8-12)27-14-5-4-13(30-18(22,23)24)9-15(14)28-16-10-25-6-7-26-16/h1-10,27H,(H,26,28). The molecule has 6 nitrogen and oxygen atoms in total. The summed E-state index contributed by atoms with van der Waals surface area (Å²) in [7, 11) is 0. The van der Waals surface area contributed by atoms with Gasteiger partial charge in [-0.2, -0.15) is 0 Å². The molecule has 0 atom stereocenters. The summed E-state index contributed by atoms with van der Waals surface area (Å²) in [5.74, 6) is -0.750. The van der Waals surface area contributed by atoms with Gasteiger partial charge in [-0.1, -0.05) is 6.07 Å². The molecule has 3 aromatic rings. The summed E-state index contributed by atoms with van der Waals surface area (Å²) in [6.07, 6.45) is -5.67. The molecule has 0 amide bonds.